The summed E-state index contributed by atoms with van der Waals surface area (Å²) in [5.41, 5.74) is 1.09. The van der Waals surface area contributed by atoms with Crippen LogP contribution in [0.5, 0.6) is 5.75 Å². The highest BCUT2D eigenvalue weighted by Gasteiger charge is 2.11. The number of nitrogens with zero attached hydrogens (tertiary/aromatic N) is 2. The number of hydrogen-bond acceptors (Lipinski definition) is 6. The number of para-hydroxylation sites is 1. The molecule has 3 rings (SSSR count). The Labute approximate surface area is 161 Å². The van der Waals surface area contributed by atoms with Crippen LogP contribution in [0.25, 0.3) is 10.2 Å². The molecular formula is C19H21N3O2S2. The summed E-state index contributed by atoms with van der Waals surface area (Å²) in [6, 6.07) is 9.98. The van der Waals surface area contributed by atoms with E-state index in [1.807, 2.05) is 24.3 Å². The molecule has 0 aliphatic heterocycles. The number of nitrogens with one attached hydrogen (secondary N) is 1. The van der Waals surface area contributed by atoms with E-state index in [0.717, 1.165) is 39.4 Å². The van der Waals surface area contributed by atoms with Crippen LogP contribution >= 0.6 is 23.1 Å². The smallest absolute Gasteiger partial charge is 0.230 e. The monoisotopic (exact) mass is 387 g/mol. The average molecular weight is 388 g/mol. The van der Waals surface area contributed by atoms with Crippen LogP contribution in [0.2, 0.25) is 0 Å². The molecule has 26 heavy (non-hydrogen) atoms. The summed E-state index contributed by atoms with van der Waals surface area (Å²) in [4.78, 5) is 23.1. The third-order valence-electron chi connectivity index (χ3n) is 3.94. The third-order valence-corrected chi connectivity index (χ3v) is 6.13. The summed E-state index contributed by atoms with van der Waals surface area (Å²) in [6.07, 6.45) is 3.29. The highest BCUT2D eigenvalue weighted by Crippen LogP contribution is 2.30. The zero-order valence-corrected chi connectivity index (χ0v) is 16.5. The number of amides is 1. The van der Waals surface area contributed by atoms with Gasteiger partial charge in [0.25, 0.3) is 0 Å². The van der Waals surface area contributed by atoms with Crippen molar-refractivity contribution in [3.63, 3.8) is 0 Å². The summed E-state index contributed by atoms with van der Waals surface area (Å²) in [5, 5.41) is 4.87. The normalized spacial score (nSPS) is 10.8. The van der Waals surface area contributed by atoms with E-state index in [4.69, 9.17) is 4.74 Å². The third kappa shape index (κ3) is 4.53. The Kier molecular flexibility index (Phi) is 6.46. The van der Waals surface area contributed by atoms with Gasteiger partial charge in [-0.1, -0.05) is 36.9 Å². The Hall–Kier alpha value is -2.12. The minimum Gasteiger partial charge on any atom is -0.496 e. The number of thiophene rings is 1. The second-order valence-corrected chi connectivity index (χ2v) is 7.74. The van der Waals surface area contributed by atoms with Crippen LogP contribution in [0.1, 0.15) is 17.4 Å². The van der Waals surface area contributed by atoms with Crippen LogP contribution in [-0.4, -0.2) is 35.3 Å². The molecule has 1 amide bonds. The molecule has 2 heterocycles. The Morgan fingerprint density at radius 1 is 1.31 bits per heavy atom. The lowest BCUT2D eigenvalue weighted by atomic mass is 10.1. The zero-order valence-electron chi connectivity index (χ0n) is 14.8. The van der Waals surface area contributed by atoms with Crippen molar-refractivity contribution in [2.75, 3.05) is 19.4 Å². The molecule has 0 atom stereocenters. The Bertz CT molecular complexity index is 895. The number of hydrogen-bond donors (Lipinski definition) is 1. The van der Waals surface area contributed by atoms with Gasteiger partial charge in [-0.15, -0.1) is 11.3 Å². The van der Waals surface area contributed by atoms with Crippen LogP contribution in [0.4, 0.5) is 0 Å². The van der Waals surface area contributed by atoms with E-state index < -0.39 is 0 Å². The van der Waals surface area contributed by atoms with E-state index in [-0.39, 0.29) is 5.91 Å². The molecule has 0 saturated heterocycles. The highest BCUT2D eigenvalue weighted by molar-refractivity contribution is 8.00. The number of carbonyl (C=O) groups is 1. The van der Waals surface area contributed by atoms with Gasteiger partial charge in [-0.05, 0) is 30.5 Å². The second kappa shape index (κ2) is 9.00. The first-order valence-electron chi connectivity index (χ1n) is 8.46. The number of fused-ring (bicyclic) bond motifs is 1. The fourth-order valence-electron chi connectivity index (χ4n) is 2.60. The van der Waals surface area contributed by atoms with Gasteiger partial charge in [-0.25, -0.2) is 9.97 Å². The SMILES string of the molecule is CCc1cc2c(SCC(=O)NCCc3ccccc3OC)ncnc2s1. The number of benzene rings is 1. The lowest BCUT2D eigenvalue weighted by Crippen LogP contribution is -2.27. The predicted octanol–water partition coefficient (Wildman–Crippen LogP) is 3.71. The minimum atomic E-state index is 0.00241. The molecule has 0 aliphatic rings. The van der Waals surface area contributed by atoms with Crippen LogP contribution in [0.3, 0.4) is 0 Å². The van der Waals surface area contributed by atoms with Crippen LogP contribution in [-0.2, 0) is 17.6 Å². The molecule has 7 heteroatoms. The number of carbonyl (C=O) groups excluding carboxylic acids is 1. The van der Waals surface area contributed by atoms with Crippen molar-refractivity contribution >= 4 is 39.2 Å². The standard InChI is InChI=1S/C19H21N3O2S2/c1-3-14-10-15-18(21-12-22-19(15)26-14)25-11-17(23)20-9-8-13-6-4-5-7-16(13)24-2/h4-7,10,12H,3,8-9,11H2,1-2H3,(H,20,23). The number of ether oxygens (including phenoxy) is 1. The van der Waals surface area contributed by atoms with Gasteiger partial charge in [0.05, 0.1) is 12.9 Å². The first-order chi connectivity index (χ1) is 12.7. The van der Waals surface area contributed by atoms with Crippen molar-refractivity contribution in [1.29, 1.82) is 0 Å². The second-order valence-electron chi connectivity index (χ2n) is 5.66. The van der Waals surface area contributed by atoms with Crippen LogP contribution in [0.15, 0.2) is 41.7 Å². The van der Waals surface area contributed by atoms with Gasteiger partial charge in [0.15, 0.2) is 0 Å². The average Bonchev–Trinajstić information content (AvgIpc) is 3.10. The molecule has 0 spiro atoms. The number of methoxy groups -OCH3 is 1. The summed E-state index contributed by atoms with van der Waals surface area (Å²) < 4.78 is 5.33. The highest BCUT2D eigenvalue weighted by atomic mass is 32.2. The number of rotatable bonds is 8. The molecule has 0 saturated carbocycles. The van der Waals surface area contributed by atoms with Gasteiger partial charge in [0.2, 0.25) is 5.91 Å². The lowest BCUT2D eigenvalue weighted by Gasteiger charge is -2.09. The minimum absolute atomic E-state index is 0.00241. The maximum absolute atomic E-state index is 12.2. The van der Waals surface area contributed by atoms with E-state index in [1.165, 1.54) is 16.6 Å². The molecule has 3 aromatic rings. The molecule has 0 radical (unpaired) electrons. The Morgan fingerprint density at radius 3 is 2.96 bits per heavy atom. The molecule has 1 aromatic carbocycles. The molecule has 0 unspecified atom stereocenters. The van der Waals surface area contributed by atoms with Crippen molar-refractivity contribution in [3.8, 4) is 5.75 Å². The fraction of sp³-hybridized carbons (Fsp3) is 0.316. The first kappa shape index (κ1) is 18.7. The van der Waals surface area contributed by atoms with Crippen molar-refractivity contribution in [3.05, 3.63) is 47.1 Å². The maximum atomic E-state index is 12.2. The van der Waals surface area contributed by atoms with E-state index in [0.29, 0.717) is 12.3 Å². The topological polar surface area (TPSA) is 64.1 Å². The summed E-state index contributed by atoms with van der Waals surface area (Å²) in [6.45, 7) is 2.71. The Morgan fingerprint density at radius 2 is 2.15 bits per heavy atom. The molecule has 136 valence electrons. The van der Waals surface area contributed by atoms with Gasteiger partial charge in [0, 0.05) is 16.8 Å². The van der Waals surface area contributed by atoms with E-state index in [2.05, 4.69) is 28.3 Å². The number of aromatic nitrogens is 2. The molecular weight excluding hydrogens is 366 g/mol. The molecule has 2 aromatic heterocycles. The molecule has 0 fully saturated rings. The maximum Gasteiger partial charge on any atom is 0.230 e. The van der Waals surface area contributed by atoms with Gasteiger partial charge in [-0.3, -0.25) is 4.79 Å². The first-order valence-corrected chi connectivity index (χ1v) is 10.3. The molecule has 1 N–H and O–H groups in total. The Balaban J connectivity index is 1.52. The number of aryl methyl sites for hydroxylation is 1. The lowest BCUT2D eigenvalue weighted by molar-refractivity contribution is -0.118. The van der Waals surface area contributed by atoms with Gasteiger partial charge in [0.1, 0.15) is 21.9 Å². The van der Waals surface area contributed by atoms with Gasteiger partial charge < -0.3 is 10.1 Å². The van der Waals surface area contributed by atoms with Crippen LogP contribution < -0.4 is 10.1 Å². The quantitative estimate of drug-likeness (QED) is 0.471. The predicted molar refractivity (Wildman–Crippen MR) is 107 cm³/mol. The van der Waals surface area contributed by atoms with E-state index in [1.54, 1.807) is 24.8 Å². The van der Waals surface area contributed by atoms with Crippen molar-refractivity contribution < 1.29 is 9.53 Å². The van der Waals surface area contributed by atoms with Crippen molar-refractivity contribution in [1.82, 2.24) is 15.3 Å². The molecule has 0 aliphatic carbocycles. The molecule has 5 nitrogen and oxygen atoms in total. The zero-order chi connectivity index (χ0) is 18.4. The largest absolute Gasteiger partial charge is 0.496 e. The summed E-state index contributed by atoms with van der Waals surface area (Å²) in [7, 11) is 1.66. The van der Waals surface area contributed by atoms with E-state index in [9.17, 15) is 4.79 Å². The summed E-state index contributed by atoms with van der Waals surface area (Å²) in [5.74, 6) is 1.20. The van der Waals surface area contributed by atoms with Crippen molar-refractivity contribution in [2.24, 2.45) is 0 Å². The summed E-state index contributed by atoms with van der Waals surface area (Å²) >= 11 is 3.14. The molecule has 0 bridgehead atoms. The van der Waals surface area contributed by atoms with E-state index >= 15 is 0 Å². The van der Waals surface area contributed by atoms with Crippen LogP contribution in [0, 0.1) is 0 Å². The van der Waals surface area contributed by atoms with Crippen molar-refractivity contribution in [2.45, 2.75) is 24.8 Å². The van der Waals surface area contributed by atoms with Gasteiger partial charge >= 0.3 is 0 Å². The number of thioether (sulfide) groups is 1. The van der Waals surface area contributed by atoms with Gasteiger partial charge in [-0.2, -0.15) is 0 Å². The fourth-order valence-corrected chi connectivity index (χ4v) is 4.41.